The van der Waals surface area contributed by atoms with Crippen LogP contribution in [-0.4, -0.2) is 9.55 Å². The van der Waals surface area contributed by atoms with E-state index in [0.29, 0.717) is 9.79 Å². The number of fused-ring (bicyclic) bond motifs is 1. The van der Waals surface area contributed by atoms with Crippen molar-refractivity contribution in [3.05, 3.63) is 62.8 Å². The fourth-order valence-corrected chi connectivity index (χ4v) is 3.09. The maximum absolute atomic E-state index is 6.21. The third-order valence-corrected chi connectivity index (χ3v) is 4.31. The van der Waals surface area contributed by atoms with Crippen molar-refractivity contribution in [2.45, 2.75) is 13.0 Å². The molecule has 0 fully saturated rings. The number of para-hydroxylation sites is 1. The Morgan fingerprint density at radius 3 is 2.50 bits per heavy atom. The van der Waals surface area contributed by atoms with Gasteiger partial charge in [-0.3, -0.25) is 0 Å². The van der Waals surface area contributed by atoms with Crippen LogP contribution in [0.5, 0.6) is 0 Å². The molecular weight excluding hydrogens is 311 g/mol. The van der Waals surface area contributed by atoms with E-state index in [-0.39, 0.29) is 6.04 Å². The number of benzene rings is 2. The minimum atomic E-state index is 0.104. The van der Waals surface area contributed by atoms with Crippen LogP contribution in [0.25, 0.3) is 11.0 Å². The first kappa shape index (κ1) is 13.7. The number of nitrogens with one attached hydrogen (secondary N) is 1. The van der Waals surface area contributed by atoms with Gasteiger partial charge in [0.1, 0.15) is 0 Å². The third kappa shape index (κ3) is 2.26. The van der Waals surface area contributed by atoms with Gasteiger partial charge in [0.25, 0.3) is 0 Å². The normalized spacial score (nSPS) is 12.8. The first-order valence-electron chi connectivity index (χ1n) is 6.22. The number of H-pyrrole nitrogens is 1. The first-order chi connectivity index (χ1) is 9.58. The molecule has 0 saturated carbocycles. The SMILES string of the molecule is CC(c1ccc(Cl)cc1)n1c(=S)[nH]c2c(Cl)cccc21. The fourth-order valence-electron chi connectivity index (χ4n) is 2.39. The van der Waals surface area contributed by atoms with Crippen LogP contribution >= 0.6 is 35.4 Å². The molecule has 1 heterocycles. The number of aromatic amines is 1. The fraction of sp³-hybridized carbons (Fsp3) is 0.133. The number of hydrogen-bond donors (Lipinski definition) is 1. The Hall–Kier alpha value is -1.29. The summed E-state index contributed by atoms with van der Waals surface area (Å²) in [6.07, 6.45) is 0. The topological polar surface area (TPSA) is 20.7 Å². The highest BCUT2D eigenvalue weighted by atomic mass is 35.5. The van der Waals surface area contributed by atoms with Crippen molar-refractivity contribution in [2.24, 2.45) is 0 Å². The van der Waals surface area contributed by atoms with E-state index in [1.807, 2.05) is 42.5 Å². The van der Waals surface area contributed by atoms with E-state index in [9.17, 15) is 0 Å². The number of aromatic nitrogens is 2. The van der Waals surface area contributed by atoms with Gasteiger partial charge < -0.3 is 9.55 Å². The molecule has 5 heteroatoms. The Morgan fingerprint density at radius 2 is 1.80 bits per heavy atom. The van der Waals surface area contributed by atoms with Crippen LogP contribution in [-0.2, 0) is 0 Å². The molecule has 1 N–H and O–H groups in total. The minimum absolute atomic E-state index is 0.104. The van der Waals surface area contributed by atoms with Gasteiger partial charge in [0.2, 0.25) is 0 Å². The summed E-state index contributed by atoms with van der Waals surface area (Å²) in [4.78, 5) is 3.18. The average molecular weight is 323 g/mol. The van der Waals surface area contributed by atoms with Gasteiger partial charge in [-0.2, -0.15) is 0 Å². The van der Waals surface area contributed by atoms with E-state index in [4.69, 9.17) is 35.4 Å². The lowest BCUT2D eigenvalue weighted by atomic mass is 10.1. The van der Waals surface area contributed by atoms with E-state index in [0.717, 1.165) is 21.6 Å². The van der Waals surface area contributed by atoms with Crippen LogP contribution in [0.4, 0.5) is 0 Å². The molecule has 0 radical (unpaired) electrons. The summed E-state index contributed by atoms with van der Waals surface area (Å²) in [6.45, 7) is 2.10. The lowest BCUT2D eigenvalue weighted by molar-refractivity contribution is 0.649. The number of nitrogens with zero attached hydrogens (tertiary/aromatic N) is 1. The van der Waals surface area contributed by atoms with Gasteiger partial charge in [0.15, 0.2) is 4.77 Å². The molecule has 20 heavy (non-hydrogen) atoms. The molecule has 0 saturated heterocycles. The van der Waals surface area contributed by atoms with Gasteiger partial charge >= 0.3 is 0 Å². The molecule has 1 unspecified atom stereocenters. The van der Waals surface area contributed by atoms with Crippen molar-refractivity contribution in [2.75, 3.05) is 0 Å². The molecule has 102 valence electrons. The Balaban J connectivity index is 2.19. The Morgan fingerprint density at radius 1 is 1.10 bits per heavy atom. The second kappa shape index (κ2) is 5.24. The summed E-state index contributed by atoms with van der Waals surface area (Å²) in [7, 11) is 0. The van der Waals surface area contributed by atoms with E-state index >= 15 is 0 Å². The zero-order valence-corrected chi connectivity index (χ0v) is 13.1. The van der Waals surface area contributed by atoms with E-state index in [1.54, 1.807) is 0 Å². The maximum Gasteiger partial charge on any atom is 0.178 e. The van der Waals surface area contributed by atoms with Crippen LogP contribution < -0.4 is 0 Å². The van der Waals surface area contributed by atoms with Crippen LogP contribution in [0.2, 0.25) is 10.0 Å². The molecular formula is C15H12Cl2N2S. The molecule has 1 atom stereocenters. The van der Waals surface area contributed by atoms with Crippen LogP contribution in [0, 0.1) is 4.77 Å². The lowest BCUT2D eigenvalue weighted by Gasteiger charge is -2.15. The smallest absolute Gasteiger partial charge is 0.178 e. The number of imidazole rings is 1. The van der Waals surface area contributed by atoms with Gasteiger partial charge in [0, 0.05) is 5.02 Å². The van der Waals surface area contributed by atoms with E-state index in [2.05, 4.69) is 16.5 Å². The molecule has 0 aliphatic carbocycles. The Labute approximate surface area is 132 Å². The van der Waals surface area contributed by atoms with Crippen molar-refractivity contribution in [3.63, 3.8) is 0 Å². The molecule has 0 aliphatic heterocycles. The summed E-state index contributed by atoms with van der Waals surface area (Å²) in [6, 6.07) is 13.7. The number of rotatable bonds is 2. The predicted octanol–water partition coefficient (Wildman–Crippen LogP) is 5.61. The van der Waals surface area contributed by atoms with Crippen LogP contribution in [0.1, 0.15) is 18.5 Å². The zero-order valence-electron chi connectivity index (χ0n) is 10.7. The van der Waals surface area contributed by atoms with Gasteiger partial charge in [-0.1, -0.05) is 41.4 Å². The van der Waals surface area contributed by atoms with E-state index in [1.165, 1.54) is 0 Å². The highest BCUT2D eigenvalue weighted by Gasteiger charge is 2.14. The Kier molecular flexibility index (Phi) is 3.59. The number of halogens is 2. The monoisotopic (exact) mass is 322 g/mol. The summed E-state index contributed by atoms with van der Waals surface area (Å²) in [5.41, 5.74) is 3.02. The van der Waals surface area contributed by atoms with Crippen molar-refractivity contribution in [1.29, 1.82) is 0 Å². The summed E-state index contributed by atoms with van der Waals surface area (Å²) in [5, 5.41) is 1.40. The van der Waals surface area contributed by atoms with Crippen molar-refractivity contribution < 1.29 is 0 Å². The average Bonchev–Trinajstić information content (AvgIpc) is 2.77. The lowest BCUT2D eigenvalue weighted by Crippen LogP contribution is -2.06. The van der Waals surface area contributed by atoms with Crippen molar-refractivity contribution in [3.8, 4) is 0 Å². The molecule has 3 aromatic rings. The second-order valence-corrected chi connectivity index (χ2v) is 5.89. The third-order valence-electron chi connectivity index (χ3n) is 3.44. The standard InChI is InChI=1S/C15H12Cl2N2S/c1-9(10-5-7-11(16)8-6-10)19-13-4-2-3-12(17)14(13)18-15(19)20/h2-9H,1H3,(H,18,20). The molecule has 2 nitrogen and oxygen atoms in total. The quantitative estimate of drug-likeness (QED) is 0.607. The van der Waals surface area contributed by atoms with Gasteiger partial charge in [-0.15, -0.1) is 0 Å². The molecule has 2 aromatic carbocycles. The summed E-state index contributed by atoms with van der Waals surface area (Å²) >= 11 is 17.6. The summed E-state index contributed by atoms with van der Waals surface area (Å²) < 4.78 is 2.73. The van der Waals surface area contributed by atoms with Gasteiger partial charge in [-0.05, 0) is 49.0 Å². The second-order valence-electron chi connectivity index (χ2n) is 4.66. The Bertz CT molecular complexity index is 818. The highest BCUT2D eigenvalue weighted by molar-refractivity contribution is 7.71. The van der Waals surface area contributed by atoms with Crippen molar-refractivity contribution >= 4 is 46.5 Å². The molecule has 0 bridgehead atoms. The minimum Gasteiger partial charge on any atom is -0.329 e. The highest BCUT2D eigenvalue weighted by Crippen LogP contribution is 2.28. The van der Waals surface area contributed by atoms with Crippen LogP contribution in [0.15, 0.2) is 42.5 Å². The van der Waals surface area contributed by atoms with Gasteiger partial charge in [-0.25, -0.2) is 0 Å². The predicted molar refractivity (Wildman–Crippen MR) is 87.4 cm³/mol. The van der Waals surface area contributed by atoms with E-state index < -0.39 is 0 Å². The van der Waals surface area contributed by atoms with Crippen LogP contribution in [0.3, 0.4) is 0 Å². The first-order valence-corrected chi connectivity index (χ1v) is 7.38. The molecule has 0 aliphatic rings. The zero-order chi connectivity index (χ0) is 14.3. The van der Waals surface area contributed by atoms with Crippen molar-refractivity contribution in [1.82, 2.24) is 9.55 Å². The molecule has 1 aromatic heterocycles. The maximum atomic E-state index is 6.21. The molecule has 0 amide bonds. The van der Waals surface area contributed by atoms with Gasteiger partial charge in [0.05, 0.1) is 22.1 Å². The largest absolute Gasteiger partial charge is 0.329 e. The number of hydrogen-bond acceptors (Lipinski definition) is 1. The molecule has 0 spiro atoms. The summed E-state index contributed by atoms with van der Waals surface area (Å²) in [5.74, 6) is 0. The molecule has 3 rings (SSSR count).